The Morgan fingerprint density at radius 3 is 2.88 bits per heavy atom. The molecule has 0 aliphatic carbocycles. The molecule has 1 saturated heterocycles. The van der Waals surface area contributed by atoms with Crippen LogP contribution in [-0.2, 0) is 4.74 Å². The standard InChI is InChI=1S/C10H11N4O.Al.2H/c1-2-14-8-12-10(7-9(14)11-1)13-3-5-15-6-4-13;;;/h1,7-8H,3-6H2;;;. The van der Waals surface area contributed by atoms with Gasteiger partial charge < -0.3 is 14.0 Å². The zero-order valence-electron chi connectivity index (χ0n) is 9.26. The van der Waals surface area contributed by atoms with Gasteiger partial charge in [-0.05, 0) is 4.56 Å². The minimum Gasteiger partial charge on any atom is -0.378 e. The molecule has 3 rings (SSSR count). The van der Waals surface area contributed by atoms with Crippen LogP contribution in [0, 0.1) is 0 Å². The molecule has 2 aromatic rings. The van der Waals surface area contributed by atoms with Gasteiger partial charge in [0.05, 0.1) is 13.2 Å². The van der Waals surface area contributed by atoms with E-state index >= 15 is 0 Å². The van der Waals surface area contributed by atoms with Gasteiger partial charge in [0.2, 0.25) is 0 Å². The van der Waals surface area contributed by atoms with E-state index in [1.807, 2.05) is 18.6 Å². The third-order valence-electron chi connectivity index (χ3n) is 2.91. The Balaban J connectivity index is 1.97. The Labute approximate surface area is 101 Å². The number of ether oxygens (including phenoxy) is 1. The van der Waals surface area contributed by atoms with Crippen LogP contribution in [0.25, 0.3) is 5.65 Å². The van der Waals surface area contributed by atoms with E-state index in [1.165, 1.54) is 4.56 Å². The van der Waals surface area contributed by atoms with E-state index in [-0.39, 0.29) is 0 Å². The highest BCUT2D eigenvalue weighted by molar-refractivity contribution is 6.31. The topological polar surface area (TPSA) is 42.7 Å². The molecule has 1 aliphatic rings. The van der Waals surface area contributed by atoms with Gasteiger partial charge >= 0.3 is 0 Å². The smallest absolute Gasteiger partial charge is 0.289 e. The molecule has 0 unspecified atom stereocenters. The number of imidazole rings is 1. The van der Waals surface area contributed by atoms with Crippen LogP contribution in [0.2, 0.25) is 0 Å². The van der Waals surface area contributed by atoms with Gasteiger partial charge in [-0.3, -0.25) is 0 Å². The minimum atomic E-state index is 0.785. The maximum atomic E-state index is 5.33. The molecule has 0 aromatic carbocycles. The van der Waals surface area contributed by atoms with E-state index in [2.05, 4.69) is 19.3 Å². The fraction of sp³-hybridized carbons (Fsp3) is 0.400. The van der Waals surface area contributed by atoms with Gasteiger partial charge in [0.15, 0.2) is 0 Å². The maximum Gasteiger partial charge on any atom is 0.289 e. The molecule has 0 bridgehead atoms. The molecular formula is C10H13AlN4O. The average molecular weight is 232 g/mol. The number of nitrogens with zero attached hydrogens (tertiary/aromatic N) is 4. The molecule has 0 amide bonds. The number of anilines is 1. The van der Waals surface area contributed by atoms with Crippen molar-refractivity contribution in [3.8, 4) is 0 Å². The van der Waals surface area contributed by atoms with Gasteiger partial charge in [0, 0.05) is 25.4 Å². The van der Waals surface area contributed by atoms with E-state index in [0.717, 1.165) is 54.1 Å². The number of fused-ring (bicyclic) bond motifs is 1. The zero-order chi connectivity index (χ0) is 11.0. The summed E-state index contributed by atoms with van der Waals surface area (Å²) in [7, 11) is 0. The van der Waals surface area contributed by atoms with E-state index < -0.39 is 0 Å². The Morgan fingerprint density at radius 2 is 2.06 bits per heavy atom. The number of hydrogen-bond donors (Lipinski definition) is 0. The molecule has 5 nitrogen and oxygen atoms in total. The monoisotopic (exact) mass is 232 g/mol. The molecular weight excluding hydrogens is 219 g/mol. The molecule has 0 spiro atoms. The van der Waals surface area contributed by atoms with E-state index in [4.69, 9.17) is 4.74 Å². The number of hydrogen-bond acceptors (Lipinski definition) is 4. The van der Waals surface area contributed by atoms with Gasteiger partial charge in [0.1, 0.15) is 17.8 Å². The molecule has 2 aromatic heterocycles. The summed E-state index contributed by atoms with van der Waals surface area (Å²) in [4.78, 5) is 11.1. The van der Waals surface area contributed by atoms with Gasteiger partial charge in [-0.15, -0.1) is 0 Å². The second-order valence-corrected chi connectivity index (χ2v) is 5.00. The Morgan fingerprint density at radius 1 is 1.25 bits per heavy atom. The molecule has 3 heterocycles. The summed E-state index contributed by atoms with van der Waals surface area (Å²) >= 11 is 0.994. The quantitative estimate of drug-likeness (QED) is 0.581. The summed E-state index contributed by atoms with van der Waals surface area (Å²) in [5.74, 6) is 1.00. The Kier molecular flexibility index (Phi) is 2.56. The third kappa shape index (κ3) is 1.69. The van der Waals surface area contributed by atoms with Crippen molar-refractivity contribution in [2.24, 2.45) is 0 Å². The normalized spacial score (nSPS) is 16.9. The van der Waals surface area contributed by atoms with Gasteiger partial charge in [0.25, 0.3) is 16.3 Å². The second kappa shape index (κ2) is 4.06. The molecule has 1 fully saturated rings. The Bertz CT molecular complexity index is 506. The molecule has 0 saturated carbocycles. The fourth-order valence-electron chi connectivity index (χ4n) is 1.96. The highest BCUT2D eigenvalue weighted by Gasteiger charge is 2.13. The lowest BCUT2D eigenvalue weighted by Gasteiger charge is -2.27. The van der Waals surface area contributed by atoms with Crippen molar-refractivity contribution < 1.29 is 4.74 Å². The van der Waals surface area contributed by atoms with Crippen LogP contribution in [-0.4, -0.2) is 57.0 Å². The highest BCUT2D eigenvalue weighted by atomic mass is 27.0. The van der Waals surface area contributed by atoms with Crippen LogP contribution in [0.5, 0.6) is 0 Å². The van der Waals surface area contributed by atoms with E-state index in [1.54, 1.807) is 0 Å². The molecule has 0 N–H and O–H groups in total. The summed E-state index contributed by atoms with van der Waals surface area (Å²) in [5.41, 5.74) is 0.987. The zero-order valence-corrected chi connectivity index (χ0v) is 11.3. The van der Waals surface area contributed by atoms with Crippen molar-refractivity contribution >= 4 is 32.3 Å². The lowest BCUT2D eigenvalue weighted by Crippen LogP contribution is -2.36. The first kappa shape index (κ1) is 10.1. The van der Waals surface area contributed by atoms with Crippen molar-refractivity contribution in [2.75, 3.05) is 31.2 Å². The van der Waals surface area contributed by atoms with Crippen molar-refractivity contribution in [1.82, 2.24) is 14.4 Å². The molecule has 0 atom stereocenters. The van der Waals surface area contributed by atoms with Crippen LogP contribution in [0.1, 0.15) is 0 Å². The molecule has 1 aliphatic heterocycles. The van der Waals surface area contributed by atoms with Crippen LogP contribution >= 0.6 is 0 Å². The number of aromatic nitrogens is 3. The molecule has 6 heteroatoms. The van der Waals surface area contributed by atoms with Crippen LogP contribution in [0.15, 0.2) is 18.6 Å². The summed E-state index contributed by atoms with van der Waals surface area (Å²) < 4.78 is 8.63. The summed E-state index contributed by atoms with van der Waals surface area (Å²) in [5, 5.41) is 0. The second-order valence-electron chi connectivity index (χ2n) is 3.97. The van der Waals surface area contributed by atoms with Crippen LogP contribution < -0.4 is 9.46 Å². The SMILES string of the molecule is [AlH2][c]1cnc2cc(N3CCOCC3)ncn12. The first-order chi connectivity index (χ1) is 7.84. The molecule has 0 radical (unpaired) electrons. The third-order valence-corrected chi connectivity index (χ3v) is 3.65. The first-order valence-corrected chi connectivity index (χ1v) is 6.47. The van der Waals surface area contributed by atoms with Crippen molar-refractivity contribution in [3.63, 3.8) is 0 Å². The van der Waals surface area contributed by atoms with Crippen molar-refractivity contribution in [1.29, 1.82) is 0 Å². The maximum absolute atomic E-state index is 5.33. The Hall–Kier alpha value is -1.09. The lowest BCUT2D eigenvalue weighted by molar-refractivity contribution is 0.122. The highest BCUT2D eigenvalue weighted by Crippen LogP contribution is 2.13. The van der Waals surface area contributed by atoms with Crippen molar-refractivity contribution in [2.45, 2.75) is 0 Å². The first-order valence-electron chi connectivity index (χ1n) is 5.47. The summed E-state index contributed by atoms with van der Waals surface area (Å²) in [6.45, 7) is 3.40. The minimum absolute atomic E-state index is 0.785. The number of rotatable bonds is 1. The largest absolute Gasteiger partial charge is 0.378 e. The van der Waals surface area contributed by atoms with Crippen LogP contribution in [0.4, 0.5) is 5.82 Å². The fourth-order valence-corrected chi connectivity index (χ4v) is 2.43. The van der Waals surface area contributed by atoms with E-state index in [0.29, 0.717) is 0 Å². The lowest BCUT2D eigenvalue weighted by atomic mass is 10.4. The molecule has 82 valence electrons. The van der Waals surface area contributed by atoms with Gasteiger partial charge in [-0.1, -0.05) is 0 Å². The van der Waals surface area contributed by atoms with Crippen LogP contribution in [0.3, 0.4) is 0 Å². The number of morpholine rings is 1. The summed E-state index contributed by atoms with van der Waals surface area (Å²) in [6, 6.07) is 2.05. The summed E-state index contributed by atoms with van der Waals surface area (Å²) in [6.07, 6.45) is 3.79. The van der Waals surface area contributed by atoms with Crippen molar-refractivity contribution in [3.05, 3.63) is 18.6 Å². The van der Waals surface area contributed by atoms with Gasteiger partial charge in [-0.25, -0.2) is 9.97 Å². The van der Waals surface area contributed by atoms with E-state index in [9.17, 15) is 0 Å². The van der Waals surface area contributed by atoms with Gasteiger partial charge in [-0.2, -0.15) is 0 Å². The molecule has 16 heavy (non-hydrogen) atoms. The predicted octanol–water partition coefficient (Wildman–Crippen LogP) is -1.18. The average Bonchev–Trinajstić information content (AvgIpc) is 2.72. The predicted molar refractivity (Wildman–Crippen MR) is 64.2 cm³/mol.